The van der Waals surface area contributed by atoms with Gasteiger partial charge in [-0.2, -0.15) is 0 Å². The van der Waals surface area contributed by atoms with Gasteiger partial charge >= 0.3 is 0 Å². The zero-order valence-corrected chi connectivity index (χ0v) is 13.9. The molecule has 106 valence electrons. The van der Waals surface area contributed by atoms with Gasteiger partial charge in [-0.25, -0.2) is 0 Å². The molecule has 0 aromatic heterocycles. The third-order valence-corrected chi connectivity index (χ3v) is 4.70. The van der Waals surface area contributed by atoms with Crippen LogP contribution in [0.2, 0.25) is 0 Å². The van der Waals surface area contributed by atoms with Gasteiger partial charge in [0.1, 0.15) is 5.75 Å². The maximum Gasteiger partial charge on any atom is 0.126 e. The Labute approximate surface area is 129 Å². The standard InChI is InChI=1S/C16H22BrClO/c1-12-9-15(17)10-14(11-18)16(12)19-8-7-13-5-3-2-4-6-13/h9-10,13H,2-8,11H2,1H3. The molecule has 1 aliphatic rings. The van der Waals surface area contributed by atoms with E-state index in [-0.39, 0.29) is 0 Å². The highest BCUT2D eigenvalue weighted by Crippen LogP contribution is 2.31. The third kappa shape index (κ3) is 4.39. The highest BCUT2D eigenvalue weighted by atomic mass is 79.9. The zero-order valence-electron chi connectivity index (χ0n) is 11.6. The molecule has 0 saturated heterocycles. The summed E-state index contributed by atoms with van der Waals surface area (Å²) in [6.07, 6.45) is 8.15. The highest BCUT2D eigenvalue weighted by Gasteiger charge is 2.14. The fraction of sp³-hybridized carbons (Fsp3) is 0.625. The lowest BCUT2D eigenvalue weighted by atomic mass is 9.87. The van der Waals surface area contributed by atoms with Crippen LogP contribution in [0.3, 0.4) is 0 Å². The van der Waals surface area contributed by atoms with Crippen LogP contribution < -0.4 is 4.74 Å². The first-order valence-corrected chi connectivity index (χ1v) is 8.51. The molecule has 0 amide bonds. The molecule has 0 radical (unpaired) electrons. The van der Waals surface area contributed by atoms with E-state index < -0.39 is 0 Å². The largest absolute Gasteiger partial charge is 0.493 e. The average molecular weight is 346 g/mol. The molecular weight excluding hydrogens is 324 g/mol. The van der Waals surface area contributed by atoms with Crippen LogP contribution in [-0.2, 0) is 5.88 Å². The van der Waals surface area contributed by atoms with E-state index in [1.54, 1.807) is 0 Å². The quantitative estimate of drug-likeness (QED) is 0.609. The minimum Gasteiger partial charge on any atom is -0.493 e. The van der Waals surface area contributed by atoms with E-state index in [4.69, 9.17) is 16.3 Å². The Morgan fingerprint density at radius 1 is 1.26 bits per heavy atom. The summed E-state index contributed by atoms with van der Waals surface area (Å²) in [6, 6.07) is 4.14. The molecule has 19 heavy (non-hydrogen) atoms. The van der Waals surface area contributed by atoms with Crippen molar-refractivity contribution in [2.45, 2.75) is 51.3 Å². The van der Waals surface area contributed by atoms with Crippen molar-refractivity contribution < 1.29 is 4.74 Å². The lowest BCUT2D eigenvalue weighted by Crippen LogP contribution is -2.11. The first-order chi connectivity index (χ1) is 9.20. The Kier molecular flexibility index (Phi) is 6.03. The van der Waals surface area contributed by atoms with Crippen LogP contribution in [0.15, 0.2) is 16.6 Å². The Balaban J connectivity index is 1.91. The minimum atomic E-state index is 0.499. The molecule has 0 atom stereocenters. The number of ether oxygens (including phenoxy) is 1. The molecule has 0 N–H and O–H groups in total. The smallest absolute Gasteiger partial charge is 0.126 e. The number of rotatable bonds is 5. The van der Waals surface area contributed by atoms with E-state index in [1.807, 2.05) is 0 Å². The summed E-state index contributed by atoms with van der Waals surface area (Å²) in [5.41, 5.74) is 2.24. The number of aryl methyl sites for hydroxylation is 1. The molecule has 2 rings (SSSR count). The van der Waals surface area contributed by atoms with Gasteiger partial charge in [-0.3, -0.25) is 0 Å². The molecule has 0 heterocycles. The molecule has 1 aliphatic carbocycles. The highest BCUT2D eigenvalue weighted by molar-refractivity contribution is 9.10. The second kappa shape index (κ2) is 7.54. The van der Waals surface area contributed by atoms with E-state index >= 15 is 0 Å². The van der Waals surface area contributed by atoms with E-state index in [2.05, 4.69) is 35.0 Å². The Morgan fingerprint density at radius 2 is 2.00 bits per heavy atom. The predicted molar refractivity (Wildman–Crippen MR) is 85.1 cm³/mol. The number of benzene rings is 1. The van der Waals surface area contributed by atoms with Crippen LogP contribution in [-0.4, -0.2) is 6.61 Å². The average Bonchev–Trinajstić information content (AvgIpc) is 2.42. The molecule has 1 aromatic carbocycles. The number of halogens is 2. The summed E-state index contributed by atoms with van der Waals surface area (Å²) in [7, 11) is 0. The van der Waals surface area contributed by atoms with Crippen LogP contribution in [0.25, 0.3) is 0 Å². The van der Waals surface area contributed by atoms with E-state index in [0.717, 1.165) is 33.9 Å². The van der Waals surface area contributed by atoms with Crippen molar-refractivity contribution in [2.75, 3.05) is 6.61 Å². The van der Waals surface area contributed by atoms with Crippen molar-refractivity contribution in [3.8, 4) is 5.75 Å². The summed E-state index contributed by atoms with van der Waals surface area (Å²) < 4.78 is 7.08. The SMILES string of the molecule is Cc1cc(Br)cc(CCl)c1OCCC1CCCCC1. The normalized spacial score (nSPS) is 16.6. The summed E-state index contributed by atoms with van der Waals surface area (Å²) >= 11 is 9.51. The lowest BCUT2D eigenvalue weighted by molar-refractivity contribution is 0.244. The van der Waals surface area contributed by atoms with Crippen LogP contribution in [0.1, 0.15) is 49.7 Å². The Hall–Kier alpha value is -0.210. The molecule has 1 aromatic rings. The van der Waals surface area contributed by atoms with Crippen LogP contribution in [0.5, 0.6) is 5.75 Å². The summed E-state index contributed by atoms with van der Waals surface area (Å²) in [5.74, 6) is 2.34. The van der Waals surface area contributed by atoms with Gasteiger partial charge in [-0.05, 0) is 37.0 Å². The van der Waals surface area contributed by atoms with Crippen molar-refractivity contribution in [1.29, 1.82) is 0 Å². The minimum absolute atomic E-state index is 0.499. The van der Waals surface area contributed by atoms with Crippen molar-refractivity contribution in [3.05, 3.63) is 27.7 Å². The van der Waals surface area contributed by atoms with Gasteiger partial charge in [0.2, 0.25) is 0 Å². The van der Waals surface area contributed by atoms with E-state index in [1.165, 1.54) is 38.5 Å². The van der Waals surface area contributed by atoms with Crippen LogP contribution >= 0.6 is 27.5 Å². The fourth-order valence-electron chi connectivity index (χ4n) is 2.91. The van der Waals surface area contributed by atoms with Gasteiger partial charge in [0.15, 0.2) is 0 Å². The molecule has 0 aliphatic heterocycles. The van der Waals surface area contributed by atoms with Gasteiger partial charge in [0.25, 0.3) is 0 Å². The van der Waals surface area contributed by atoms with Gasteiger partial charge in [-0.1, -0.05) is 48.0 Å². The second-order valence-electron chi connectivity index (χ2n) is 5.49. The Morgan fingerprint density at radius 3 is 2.68 bits per heavy atom. The van der Waals surface area contributed by atoms with Crippen molar-refractivity contribution >= 4 is 27.5 Å². The zero-order chi connectivity index (χ0) is 13.7. The predicted octanol–water partition coefficient (Wildman–Crippen LogP) is 5.85. The monoisotopic (exact) mass is 344 g/mol. The molecule has 0 spiro atoms. The van der Waals surface area contributed by atoms with Crippen molar-refractivity contribution in [1.82, 2.24) is 0 Å². The Bertz CT molecular complexity index is 413. The fourth-order valence-corrected chi connectivity index (χ4v) is 3.73. The number of alkyl halides is 1. The van der Waals surface area contributed by atoms with E-state index in [9.17, 15) is 0 Å². The summed E-state index contributed by atoms with van der Waals surface area (Å²) in [5, 5.41) is 0. The molecule has 3 heteroatoms. The molecule has 1 nitrogen and oxygen atoms in total. The molecule has 0 unspecified atom stereocenters. The maximum absolute atomic E-state index is 6.01. The molecule has 0 bridgehead atoms. The van der Waals surface area contributed by atoms with Crippen LogP contribution in [0.4, 0.5) is 0 Å². The molecule has 1 saturated carbocycles. The van der Waals surface area contributed by atoms with E-state index in [0.29, 0.717) is 5.88 Å². The van der Waals surface area contributed by atoms with Crippen LogP contribution in [0, 0.1) is 12.8 Å². The number of hydrogen-bond donors (Lipinski definition) is 0. The second-order valence-corrected chi connectivity index (χ2v) is 6.67. The third-order valence-electron chi connectivity index (χ3n) is 3.96. The van der Waals surface area contributed by atoms with Crippen molar-refractivity contribution in [3.63, 3.8) is 0 Å². The van der Waals surface area contributed by atoms with Gasteiger partial charge in [0.05, 0.1) is 12.5 Å². The lowest BCUT2D eigenvalue weighted by Gasteiger charge is -2.22. The number of hydrogen-bond acceptors (Lipinski definition) is 1. The molecule has 1 fully saturated rings. The molecular formula is C16H22BrClO. The van der Waals surface area contributed by atoms with Gasteiger partial charge < -0.3 is 4.74 Å². The summed E-state index contributed by atoms with van der Waals surface area (Å²) in [6.45, 7) is 2.90. The van der Waals surface area contributed by atoms with Crippen molar-refractivity contribution in [2.24, 2.45) is 5.92 Å². The topological polar surface area (TPSA) is 9.23 Å². The van der Waals surface area contributed by atoms with Gasteiger partial charge in [0, 0.05) is 10.0 Å². The van der Waals surface area contributed by atoms with Gasteiger partial charge in [-0.15, -0.1) is 11.6 Å². The summed E-state index contributed by atoms with van der Waals surface area (Å²) in [4.78, 5) is 0. The first kappa shape index (κ1) is 15.2. The maximum atomic E-state index is 6.01. The first-order valence-electron chi connectivity index (χ1n) is 7.18.